The average molecular weight is 282 g/mol. The number of nitrogens with one attached hydrogen (secondary N) is 1. The van der Waals surface area contributed by atoms with Gasteiger partial charge in [0.05, 0.1) is 0 Å². The van der Waals surface area contributed by atoms with Crippen LogP contribution in [0.3, 0.4) is 0 Å². The highest BCUT2D eigenvalue weighted by molar-refractivity contribution is 4.86. The molecule has 118 valence electrons. The Kier molecular flexibility index (Phi) is 7.32. The standard InChI is InChI=1S/C17H34N2O/c1-2-10-19-13-15(7-6-11-20)12-17(14-19)18-16-8-4-3-5-9-16/h15-18,20H,2-14H2,1H3. The van der Waals surface area contributed by atoms with Crippen molar-refractivity contribution in [3.8, 4) is 0 Å². The molecule has 2 atom stereocenters. The van der Waals surface area contributed by atoms with Crippen molar-refractivity contribution in [2.75, 3.05) is 26.2 Å². The Bertz CT molecular complexity index is 253. The van der Waals surface area contributed by atoms with Crippen LogP contribution >= 0.6 is 0 Å². The van der Waals surface area contributed by atoms with Gasteiger partial charge in [-0.25, -0.2) is 0 Å². The molecule has 0 spiro atoms. The van der Waals surface area contributed by atoms with Crippen molar-refractivity contribution in [1.29, 1.82) is 0 Å². The van der Waals surface area contributed by atoms with E-state index >= 15 is 0 Å². The third-order valence-electron chi connectivity index (χ3n) is 5.00. The molecule has 3 nitrogen and oxygen atoms in total. The molecular weight excluding hydrogens is 248 g/mol. The van der Waals surface area contributed by atoms with Crippen LogP contribution in [0.2, 0.25) is 0 Å². The van der Waals surface area contributed by atoms with Gasteiger partial charge in [0.2, 0.25) is 0 Å². The van der Waals surface area contributed by atoms with Crippen LogP contribution in [0.15, 0.2) is 0 Å². The van der Waals surface area contributed by atoms with E-state index in [0.717, 1.165) is 18.4 Å². The molecule has 0 aromatic rings. The molecule has 0 amide bonds. The fraction of sp³-hybridized carbons (Fsp3) is 1.00. The lowest BCUT2D eigenvalue weighted by Gasteiger charge is -2.40. The van der Waals surface area contributed by atoms with E-state index in [0.29, 0.717) is 12.6 Å². The van der Waals surface area contributed by atoms with Gasteiger partial charge in [-0.05, 0) is 51.0 Å². The van der Waals surface area contributed by atoms with Gasteiger partial charge in [0.25, 0.3) is 0 Å². The molecule has 1 heterocycles. The number of aliphatic hydroxyl groups is 1. The summed E-state index contributed by atoms with van der Waals surface area (Å²) in [5, 5.41) is 13.0. The molecule has 2 unspecified atom stereocenters. The van der Waals surface area contributed by atoms with Crippen LogP contribution in [0.1, 0.15) is 64.7 Å². The highest BCUT2D eigenvalue weighted by atomic mass is 16.2. The van der Waals surface area contributed by atoms with Crippen molar-refractivity contribution in [1.82, 2.24) is 10.2 Å². The lowest BCUT2D eigenvalue weighted by atomic mass is 9.88. The molecule has 2 fully saturated rings. The normalized spacial score (nSPS) is 29.7. The summed E-state index contributed by atoms with van der Waals surface area (Å²) in [6.45, 7) is 6.35. The number of hydrogen-bond donors (Lipinski definition) is 2. The van der Waals surface area contributed by atoms with Gasteiger partial charge in [0.1, 0.15) is 0 Å². The Morgan fingerprint density at radius 2 is 1.90 bits per heavy atom. The van der Waals surface area contributed by atoms with Crippen molar-refractivity contribution in [3.05, 3.63) is 0 Å². The lowest BCUT2D eigenvalue weighted by molar-refractivity contribution is 0.120. The van der Waals surface area contributed by atoms with Crippen LogP contribution < -0.4 is 5.32 Å². The zero-order chi connectivity index (χ0) is 14.2. The largest absolute Gasteiger partial charge is 0.396 e. The molecule has 1 saturated carbocycles. The Morgan fingerprint density at radius 1 is 1.10 bits per heavy atom. The minimum Gasteiger partial charge on any atom is -0.396 e. The highest BCUT2D eigenvalue weighted by Crippen LogP contribution is 2.24. The van der Waals surface area contributed by atoms with Crippen LogP contribution in [0, 0.1) is 5.92 Å². The second kappa shape index (κ2) is 9.01. The summed E-state index contributed by atoms with van der Waals surface area (Å²) in [5.41, 5.74) is 0. The third-order valence-corrected chi connectivity index (χ3v) is 5.00. The molecule has 2 aliphatic rings. The first-order valence-corrected chi connectivity index (χ1v) is 8.91. The van der Waals surface area contributed by atoms with Crippen molar-refractivity contribution in [2.45, 2.75) is 76.8 Å². The quantitative estimate of drug-likeness (QED) is 0.754. The maximum atomic E-state index is 9.06. The zero-order valence-corrected chi connectivity index (χ0v) is 13.3. The summed E-state index contributed by atoms with van der Waals surface area (Å²) >= 11 is 0. The minimum absolute atomic E-state index is 0.352. The number of nitrogens with zero attached hydrogens (tertiary/aromatic N) is 1. The first-order chi connectivity index (χ1) is 9.81. The Labute approximate surface area is 125 Å². The van der Waals surface area contributed by atoms with Crippen LogP contribution in [0.25, 0.3) is 0 Å². The van der Waals surface area contributed by atoms with Gasteiger partial charge in [-0.3, -0.25) is 0 Å². The Balaban J connectivity index is 1.81. The number of hydrogen-bond acceptors (Lipinski definition) is 3. The number of piperidine rings is 1. The highest BCUT2D eigenvalue weighted by Gasteiger charge is 2.28. The molecule has 0 bridgehead atoms. The molecule has 0 aromatic carbocycles. The predicted molar refractivity (Wildman–Crippen MR) is 85.0 cm³/mol. The molecule has 1 aliphatic carbocycles. The summed E-state index contributed by atoms with van der Waals surface area (Å²) < 4.78 is 0. The fourth-order valence-electron chi connectivity index (χ4n) is 4.11. The lowest BCUT2D eigenvalue weighted by Crippen LogP contribution is -2.52. The fourth-order valence-corrected chi connectivity index (χ4v) is 4.11. The summed E-state index contributed by atoms with van der Waals surface area (Å²) in [6, 6.07) is 1.45. The summed E-state index contributed by atoms with van der Waals surface area (Å²) in [7, 11) is 0. The predicted octanol–water partition coefficient (Wildman–Crippen LogP) is 2.78. The van der Waals surface area contributed by atoms with Crippen molar-refractivity contribution >= 4 is 0 Å². The maximum absolute atomic E-state index is 9.06. The molecule has 0 aromatic heterocycles. The second-order valence-electron chi connectivity index (χ2n) is 6.93. The smallest absolute Gasteiger partial charge is 0.0431 e. The monoisotopic (exact) mass is 282 g/mol. The van der Waals surface area contributed by atoms with Crippen LogP contribution in [-0.2, 0) is 0 Å². The zero-order valence-electron chi connectivity index (χ0n) is 13.3. The van der Waals surface area contributed by atoms with E-state index in [2.05, 4.69) is 17.1 Å². The molecule has 1 saturated heterocycles. The SMILES string of the molecule is CCCN1CC(CCCO)CC(NC2CCCCC2)C1. The van der Waals surface area contributed by atoms with Crippen LogP contribution in [-0.4, -0.2) is 48.3 Å². The third kappa shape index (κ3) is 5.34. The van der Waals surface area contributed by atoms with Crippen molar-refractivity contribution in [3.63, 3.8) is 0 Å². The summed E-state index contributed by atoms with van der Waals surface area (Å²) in [4.78, 5) is 2.64. The van der Waals surface area contributed by atoms with Gasteiger partial charge < -0.3 is 15.3 Å². The first kappa shape index (κ1) is 16.3. The van der Waals surface area contributed by atoms with E-state index in [1.54, 1.807) is 0 Å². The van der Waals surface area contributed by atoms with Crippen molar-refractivity contribution in [2.24, 2.45) is 5.92 Å². The maximum Gasteiger partial charge on any atom is 0.0431 e. The first-order valence-electron chi connectivity index (χ1n) is 8.91. The Hall–Kier alpha value is -0.120. The van der Waals surface area contributed by atoms with Gasteiger partial charge in [-0.1, -0.05) is 26.2 Å². The second-order valence-corrected chi connectivity index (χ2v) is 6.93. The molecular formula is C17H34N2O. The van der Waals surface area contributed by atoms with Gasteiger partial charge in [-0.2, -0.15) is 0 Å². The molecule has 2 rings (SSSR count). The van der Waals surface area contributed by atoms with E-state index in [1.807, 2.05) is 0 Å². The summed E-state index contributed by atoms with van der Waals surface area (Å²) in [5.74, 6) is 0.781. The average Bonchev–Trinajstić information content (AvgIpc) is 2.46. The van der Waals surface area contributed by atoms with E-state index in [-0.39, 0.29) is 0 Å². The van der Waals surface area contributed by atoms with Crippen LogP contribution in [0.5, 0.6) is 0 Å². The van der Waals surface area contributed by atoms with Gasteiger partial charge in [0.15, 0.2) is 0 Å². The van der Waals surface area contributed by atoms with Gasteiger partial charge in [0, 0.05) is 31.8 Å². The number of rotatable bonds is 7. The van der Waals surface area contributed by atoms with E-state index in [9.17, 15) is 0 Å². The van der Waals surface area contributed by atoms with E-state index in [1.165, 1.54) is 71.0 Å². The molecule has 1 aliphatic heterocycles. The summed E-state index contributed by atoms with van der Waals surface area (Å²) in [6.07, 6.45) is 11.8. The molecule has 2 N–H and O–H groups in total. The molecule has 3 heteroatoms. The molecule has 20 heavy (non-hydrogen) atoms. The number of likely N-dealkylation sites (tertiary alicyclic amines) is 1. The van der Waals surface area contributed by atoms with Gasteiger partial charge >= 0.3 is 0 Å². The Morgan fingerprint density at radius 3 is 2.60 bits per heavy atom. The van der Waals surface area contributed by atoms with Crippen molar-refractivity contribution < 1.29 is 5.11 Å². The topological polar surface area (TPSA) is 35.5 Å². The van der Waals surface area contributed by atoms with E-state index in [4.69, 9.17) is 5.11 Å². The molecule has 0 radical (unpaired) electrons. The van der Waals surface area contributed by atoms with Gasteiger partial charge in [-0.15, -0.1) is 0 Å². The number of aliphatic hydroxyl groups excluding tert-OH is 1. The minimum atomic E-state index is 0.352. The van der Waals surface area contributed by atoms with E-state index < -0.39 is 0 Å². The van der Waals surface area contributed by atoms with Crippen LogP contribution in [0.4, 0.5) is 0 Å².